The zero-order valence-electron chi connectivity index (χ0n) is 15.2. The Labute approximate surface area is 153 Å². The lowest BCUT2D eigenvalue weighted by Crippen LogP contribution is -2.43. The van der Waals surface area contributed by atoms with Gasteiger partial charge in [-0.15, -0.1) is 0 Å². The molecule has 26 heavy (non-hydrogen) atoms. The van der Waals surface area contributed by atoms with E-state index in [0.717, 1.165) is 28.3 Å². The van der Waals surface area contributed by atoms with E-state index in [1.807, 2.05) is 30.5 Å². The average molecular weight is 354 g/mol. The lowest BCUT2D eigenvalue weighted by molar-refractivity contribution is -0.145. The van der Waals surface area contributed by atoms with E-state index in [4.69, 9.17) is 4.74 Å². The molecule has 2 aromatic rings. The molecule has 5 nitrogen and oxygen atoms in total. The molecular formula is C21H26N2O3. The molecule has 1 aromatic heterocycles. The van der Waals surface area contributed by atoms with Gasteiger partial charge in [-0.1, -0.05) is 18.2 Å². The molecule has 0 aliphatic heterocycles. The number of aromatic nitrogens is 1. The fourth-order valence-corrected chi connectivity index (χ4v) is 4.09. The van der Waals surface area contributed by atoms with Crippen LogP contribution in [-0.2, 0) is 20.7 Å². The largest absolute Gasteiger partial charge is 0.467 e. The van der Waals surface area contributed by atoms with E-state index in [9.17, 15) is 9.59 Å². The maximum absolute atomic E-state index is 12.6. The smallest absolute Gasteiger partial charge is 0.328 e. The highest BCUT2D eigenvalue weighted by atomic mass is 16.5. The van der Waals surface area contributed by atoms with Crippen molar-refractivity contribution in [1.29, 1.82) is 0 Å². The van der Waals surface area contributed by atoms with Crippen molar-refractivity contribution < 1.29 is 14.3 Å². The predicted molar refractivity (Wildman–Crippen MR) is 99.5 cm³/mol. The molecule has 2 aliphatic carbocycles. The quantitative estimate of drug-likeness (QED) is 0.715. The van der Waals surface area contributed by atoms with Gasteiger partial charge in [-0.05, 0) is 55.1 Å². The molecule has 0 unspecified atom stereocenters. The van der Waals surface area contributed by atoms with E-state index in [1.54, 1.807) is 0 Å². The standard InChI is InChI=1S/C21H26N2O3/c1-26-21(25)19(10-15-12-22-18-5-3-2-4-16(15)18)23-20(24)11-17(13-6-7-13)14-8-9-14/h2-5,12-14,17,19,22H,6-11H2,1H3,(H,23,24)/t19-/m1/s1. The van der Waals surface area contributed by atoms with Crippen LogP contribution < -0.4 is 5.32 Å². The molecule has 4 rings (SSSR count). The summed E-state index contributed by atoms with van der Waals surface area (Å²) in [6.07, 6.45) is 7.89. The number of amides is 1. The number of hydrogen-bond acceptors (Lipinski definition) is 3. The Morgan fingerprint density at radius 3 is 2.54 bits per heavy atom. The Balaban J connectivity index is 1.44. The van der Waals surface area contributed by atoms with Gasteiger partial charge in [0.15, 0.2) is 0 Å². The van der Waals surface area contributed by atoms with Crippen LogP contribution in [0.2, 0.25) is 0 Å². The van der Waals surface area contributed by atoms with Crippen LogP contribution in [0.25, 0.3) is 10.9 Å². The van der Waals surface area contributed by atoms with Crippen molar-refractivity contribution in [2.24, 2.45) is 17.8 Å². The number of carbonyl (C=O) groups is 2. The van der Waals surface area contributed by atoms with Gasteiger partial charge in [0, 0.05) is 29.9 Å². The second kappa shape index (κ2) is 7.14. The number of benzene rings is 1. The van der Waals surface area contributed by atoms with Crippen LogP contribution in [0.4, 0.5) is 0 Å². The summed E-state index contributed by atoms with van der Waals surface area (Å²) in [4.78, 5) is 28.1. The predicted octanol–water partition coefficient (Wildman–Crippen LogP) is 3.19. The summed E-state index contributed by atoms with van der Waals surface area (Å²) in [5.74, 6) is 1.53. The number of esters is 1. The third-order valence-electron chi connectivity index (χ3n) is 5.80. The maximum Gasteiger partial charge on any atom is 0.328 e. The van der Waals surface area contributed by atoms with Gasteiger partial charge in [0.05, 0.1) is 7.11 Å². The molecule has 0 bridgehead atoms. The number of methoxy groups -OCH3 is 1. The number of H-pyrrole nitrogens is 1. The molecule has 1 amide bonds. The van der Waals surface area contributed by atoms with Gasteiger partial charge in [-0.25, -0.2) is 4.79 Å². The summed E-state index contributed by atoms with van der Waals surface area (Å²) < 4.78 is 4.93. The number of carbonyl (C=O) groups excluding carboxylic acids is 2. The minimum absolute atomic E-state index is 0.0240. The monoisotopic (exact) mass is 354 g/mol. The van der Waals surface area contributed by atoms with Crippen LogP contribution in [-0.4, -0.2) is 30.0 Å². The number of fused-ring (bicyclic) bond motifs is 1. The van der Waals surface area contributed by atoms with Crippen molar-refractivity contribution in [3.63, 3.8) is 0 Å². The van der Waals surface area contributed by atoms with E-state index in [2.05, 4.69) is 10.3 Å². The van der Waals surface area contributed by atoms with Crippen molar-refractivity contribution in [1.82, 2.24) is 10.3 Å². The molecule has 2 aliphatic rings. The SMILES string of the molecule is COC(=O)[C@@H](Cc1c[nH]c2ccccc12)NC(=O)CC(C1CC1)C1CC1. The molecule has 0 saturated heterocycles. The van der Waals surface area contributed by atoms with Gasteiger partial charge in [0.2, 0.25) is 5.91 Å². The number of ether oxygens (including phenoxy) is 1. The molecule has 2 N–H and O–H groups in total. The summed E-state index contributed by atoms with van der Waals surface area (Å²) in [5.41, 5.74) is 2.04. The van der Waals surface area contributed by atoms with Gasteiger partial charge >= 0.3 is 5.97 Å². The lowest BCUT2D eigenvalue weighted by Gasteiger charge is -2.19. The van der Waals surface area contributed by atoms with Gasteiger partial charge < -0.3 is 15.0 Å². The first-order valence-corrected chi connectivity index (χ1v) is 9.58. The Kier molecular flexibility index (Phi) is 4.70. The molecule has 1 heterocycles. The Morgan fingerprint density at radius 1 is 1.19 bits per heavy atom. The van der Waals surface area contributed by atoms with Crippen LogP contribution >= 0.6 is 0 Å². The molecule has 1 aromatic carbocycles. The van der Waals surface area contributed by atoms with Crippen LogP contribution in [0.3, 0.4) is 0 Å². The van der Waals surface area contributed by atoms with E-state index in [-0.39, 0.29) is 5.91 Å². The van der Waals surface area contributed by atoms with Crippen LogP contribution in [0.1, 0.15) is 37.7 Å². The molecule has 138 valence electrons. The van der Waals surface area contributed by atoms with Gasteiger partial charge in [-0.2, -0.15) is 0 Å². The molecule has 2 fully saturated rings. The minimum Gasteiger partial charge on any atom is -0.467 e. The third-order valence-corrected chi connectivity index (χ3v) is 5.80. The van der Waals surface area contributed by atoms with Crippen molar-refractivity contribution in [3.05, 3.63) is 36.0 Å². The maximum atomic E-state index is 12.6. The first kappa shape index (κ1) is 17.1. The molecule has 0 radical (unpaired) electrons. The number of aromatic amines is 1. The van der Waals surface area contributed by atoms with E-state index in [0.29, 0.717) is 18.8 Å². The Morgan fingerprint density at radius 2 is 1.88 bits per heavy atom. The highest BCUT2D eigenvalue weighted by Crippen LogP contribution is 2.50. The number of para-hydroxylation sites is 1. The highest BCUT2D eigenvalue weighted by Gasteiger charge is 2.42. The summed E-state index contributed by atoms with van der Waals surface area (Å²) in [5, 5.41) is 4.01. The molecule has 5 heteroatoms. The average Bonchev–Trinajstić information content (AvgIpc) is 3.57. The van der Waals surface area contributed by atoms with Crippen molar-refractivity contribution in [3.8, 4) is 0 Å². The van der Waals surface area contributed by atoms with Crippen LogP contribution in [0.15, 0.2) is 30.5 Å². The first-order chi connectivity index (χ1) is 12.7. The van der Waals surface area contributed by atoms with Gasteiger partial charge in [-0.3, -0.25) is 4.79 Å². The summed E-state index contributed by atoms with van der Waals surface area (Å²) in [7, 11) is 1.37. The lowest BCUT2D eigenvalue weighted by atomic mass is 9.93. The molecule has 2 saturated carbocycles. The summed E-state index contributed by atoms with van der Waals surface area (Å²) in [6.45, 7) is 0. The van der Waals surface area contributed by atoms with Crippen molar-refractivity contribution in [2.75, 3.05) is 7.11 Å². The Hall–Kier alpha value is -2.30. The zero-order valence-corrected chi connectivity index (χ0v) is 15.2. The molecular weight excluding hydrogens is 328 g/mol. The number of nitrogens with one attached hydrogen (secondary N) is 2. The summed E-state index contributed by atoms with van der Waals surface area (Å²) in [6, 6.07) is 7.32. The second-order valence-electron chi connectivity index (χ2n) is 7.75. The number of hydrogen-bond donors (Lipinski definition) is 2. The van der Waals surface area contributed by atoms with E-state index < -0.39 is 12.0 Å². The number of rotatable bonds is 8. The highest BCUT2D eigenvalue weighted by molar-refractivity contribution is 5.87. The van der Waals surface area contributed by atoms with E-state index in [1.165, 1.54) is 32.8 Å². The van der Waals surface area contributed by atoms with Gasteiger partial charge in [0.25, 0.3) is 0 Å². The Bertz CT molecular complexity index is 792. The van der Waals surface area contributed by atoms with Crippen LogP contribution in [0, 0.1) is 17.8 Å². The topological polar surface area (TPSA) is 71.2 Å². The van der Waals surface area contributed by atoms with Crippen molar-refractivity contribution in [2.45, 2.75) is 44.6 Å². The fourth-order valence-electron chi connectivity index (χ4n) is 4.09. The van der Waals surface area contributed by atoms with Crippen LogP contribution in [0.5, 0.6) is 0 Å². The fraction of sp³-hybridized carbons (Fsp3) is 0.524. The third kappa shape index (κ3) is 3.76. The van der Waals surface area contributed by atoms with Gasteiger partial charge in [0.1, 0.15) is 6.04 Å². The second-order valence-corrected chi connectivity index (χ2v) is 7.75. The normalized spacial score (nSPS) is 18.1. The summed E-state index contributed by atoms with van der Waals surface area (Å²) >= 11 is 0. The van der Waals surface area contributed by atoms with Crippen molar-refractivity contribution >= 4 is 22.8 Å². The molecule has 1 atom stereocenters. The minimum atomic E-state index is -0.647. The zero-order chi connectivity index (χ0) is 18.1. The first-order valence-electron chi connectivity index (χ1n) is 9.58. The molecule has 0 spiro atoms. The van der Waals surface area contributed by atoms with E-state index >= 15 is 0 Å².